The molecule has 2 aromatic carbocycles. The molecule has 0 atom stereocenters. The van der Waals surface area contributed by atoms with Crippen LogP contribution >= 0.6 is 31.9 Å². The minimum atomic E-state index is -0.633. The number of nitrogens with zero attached hydrogens (tertiary/aromatic N) is 1. The number of furan rings is 1. The summed E-state index contributed by atoms with van der Waals surface area (Å²) in [5.41, 5.74) is 0.406. The van der Waals surface area contributed by atoms with Crippen molar-refractivity contribution in [1.82, 2.24) is 5.32 Å². The second-order valence-corrected chi connectivity index (χ2v) is 8.45. The molecule has 0 aliphatic rings. The zero-order valence-electron chi connectivity index (χ0n) is 17.8. The van der Waals surface area contributed by atoms with E-state index in [1.807, 2.05) is 6.07 Å². The zero-order valence-corrected chi connectivity index (χ0v) is 21.0. The van der Waals surface area contributed by atoms with E-state index in [2.05, 4.69) is 37.2 Å². The van der Waals surface area contributed by atoms with Crippen LogP contribution in [0.15, 0.2) is 73.7 Å². The van der Waals surface area contributed by atoms with Crippen molar-refractivity contribution in [3.63, 3.8) is 0 Å². The summed E-state index contributed by atoms with van der Waals surface area (Å²) in [6.45, 7) is -0.165. The molecule has 1 amide bonds. The van der Waals surface area contributed by atoms with Crippen molar-refractivity contribution in [3.05, 3.63) is 80.6 Å². The Hall–Kier alpha value is -3.55. The SMILES string of the molecule is COc1cc(/C=C(\C#N)C(=O)NCc2ccco2)ccc1OC(=O)COc1ccc(Br)cc1Br. The third-order valence-electron chi connectivity index (χ3n) is 4.33. The van der Waals surface area contributed by atoms with Crippen molar-refractivity contribution in [2.75, 3.05) is 13.7 Å². The fourth-order valence-electron chi connectivity index (χ4n) is 2.73. The van der Waals surface area contributed by atoms with E-state index in [9.17, 15) is 14.9 Å². The molecule has 3 aromatic rings. The molecule has 0 bridgehead atoms. The number of ether oxygens (including phenoxy) is 3. The highest BCUT2D eigenvalue weighted by molar-refractivity contribution is 9.11. The van der Waals surface area contributed by atoms with E-state index in [1.165, 1.54) is 25.5 Å². The Labute approximate surface area is 212 Å². The van der Waals surface area contributed by atoms with Gasteiger partial charge in [-0.05, 0) is 70.0 Å². The molecule has 0 fully saturated rings. The quantitative estimate of drug-likeness (QED) is 0.161. The summed E-state index contributed by atoms with van der Waals surface area (Å²) in [5.74, 6) is 0.289. The van der Waals surface area contributed by atoms with Crippen LogP contribution in [0.3, 0.4) is 0 Å². The number of amides is 1. The van der Waals surface area contributed by atoms with Crippen LogP contribution < -0.4 is 19.5 Å². The number of methoxy groups -OCH3 is 1. The highest BCUT2D eigenvalue weighted by Gasteiger charge is 2.14. The van der Waals surface area contributed by atoms with Crippen molar-refractivity contribution in [1.29, 1.82) is 5.26 Å². The normalized spacial score (nSPS) is 10.8. The van der Waals surface area contributed by atoms with Crippen LogP contribution in [0.2, 0.25) is 0 Å². The lowest BCUT2D eigenvalue weighted by molar-refractivity contribution is -0.136. The summed E-state index contributed by atoms with van der Waals surface area (Å²) >= 11 is 6.71. The highest BCUT2D eigenvalue weighted by atomic mass is 79.9. The number of esters is 1. The molecule has 0 saturated carbocycles. The molecule has 174 valence electrons. The van der Waals surface area contributed by atoms with Gasteiger partial charge in [0.25, 0.3) is 5.91 Å². The molecule has 3 rings (SSSR count). The van der Waals surface area contributed by atoms with E-state index in [1.54, 1.807) is 42.5 Å². The molecule has 0 aliphatic carbocycles. The minimum absolute atomic E-state index is 0.105. The van der Waals surface area contributed by atoms with Gasteiger partial charge in [0.15, 0.2) is 18.1 Å². The standard InChI is InChI=1S/C24H18Br2N2O6/c1-31-22-10-15(9-16(12-27)24(30)28-13-18-3-2-8-32-18)4-6-21(22)34-23(29)14-33-20-7-5-17(25)11-19(20)26/h2-11H,13-14H2,1H3,(H,28,30)/b16-9+. The molecule has 0 saturated heterocycles. The summed E-state index contributed by atoms with van der Waals surface area (Å²) in [6, 6.07) is 15.2. The maximum Gasteiger partial charge on any atom is 0.349 e. The van der Waals surface area contributed by atoms with Gasteiger partial charge in [0.2, 0.25) is 0 Å². The fourth-order valence-corrected chi connectivity index (χ4v) is 3.89. The maximum absolute atomic E-state index is 12.3. The van der Waals surface area contributed by atoms with Gasteiger partial charge in [-0.15, -0.1) is 0 Å². The molecule has 0 aliphatic heterocycles. The van der Waals surface area contributed by atoms with E-state index in [4.69, 9.17) is 18.6 Å². The van der Waals surface area contributed by atoms with E-state index < -0.39 is 11.9 Å². The highest BCUT2D eigenvalue weighted by Crippen LogP contribution is 2.30. The zero-order chi connectivity index (χ0) is 24.5. The van der Waals surface area contributed by atoms with Crippen molar-refractivity contribution in [2.45, 2.75) is 6.54 Å². The Morgan fingerprint density at radius 3 is 2.59 bits per heavy atom. The maximum atomic E-state index is 12.3. The van der Waals surface area contributed by atoms with Gasteiger partial charge in [-0.3, -0.25) is 4.79 Å². The number of nitriles is 1. The first-order valence-corrected chi connectivity index (χ1v) is 11.4. The van der Waals surface area contributed by atoms with Gasteiger partial charge in [0.1, 0.15) is 23.2 Å². The predicted molar refractivity (Wildman–Crippen MR) is 130 cm³/mol. The topological polar surface area (TPSA) is 111 Å². The third-order valence-corrected chi connectivity index (χ3v) is 5.44. The van der Waals surface area contributed by atoms with Crippen LogP contribution in [-0.4, -0.2) is 25.6 Å². The smallest absolute Gasteiger partial charge is 0.349 e. The van der Waals surface area contributed by atoms with Crippen molar-refractivity contribution in [2.24, 2.45) is 0 Å². The van der Waals surface area contributed by atoms with Crippen LogP contribution in [-0.2, 0) is 16.1 Å². The summed E-state index contributed by atoms with van der Waals surface area (Å²) in [4.78, 5) is 24.6. The van der Waals surface area contributed by atoms with Gasteiger partial charge in [-0.25, -0.2) is 4.79 Å². The van der Waals surface area contributed by atoms with E-state index in [-0.39, 0.29) is 30.2 Å². The first kappa shape index (κ1) is 25.1. The number of hydrogen-bond donors (Lipinski definition) is 1. The van der Waals surface area contributed by atoms with Crippen LogP contribution in [0.5, 0.6) is 17.2 Å². The van der Waals surface area contributed by atoms with Gasteiger partial charge in [0.05, 0.1) is 24.4 Å². The van der Waals surface area contributed by atoms with Crippen LogP contribution in [0.1, 0.15) is 11.3 Å². The number of halogens is 2. The average molecular weight is 590 g/mol. The number of hydrogen-bond acceptors (Lipinski definition) is 7. The summed E-state index contributed by atoms with van der Waals surface area (Å²) in [6.07, 6.45) is 2.90. The number of carbonyl (C=O) groups is 2. The van der Waals surface area contributed by atoms with Gasteiger partial charge in [-0.2, -0.15) is 5.26 Å². The first-order chi connectivity index (χ1) is 16.4. The third kappa shape index (κ3) is 6.97. The van der Waals surface area contributed by atoms with Gasteiger partial charge in [0, 0.05) is 4.47 Å². The Morgan fingerprint density at radius 1 is 1.12 bits per heavy atom. The second-order valence-electron chi connectivity index (χ2n) is 6.68. The van der Waals surface area contributed by atoms with Crippen molar-refractivity contribution < 1.29 is 28.2 Å². The van der Waals surface area contributed by atoms with Gasteiger partial charge >= 0.3 is 5.97 Å². The molecule has 0 radical (unpaired) electrons. The largest absolute Gasteiger partial charge is 0.493 e. The summed E-state index contributed by atoms with van der Waals surface area (Å²) < 4.78 is 22.8. The average Bonchev–Trinajstić information content (AvgIpc) is 3.35. The van der Waals surface area contributed by atoms with Crippen LogP contribution in [0.25, 0.3) is 6.08 Å². The molecule has 10 heteroatoms. The van der Waals surface area contributed by atoms with E-state index >= 15 is 0 Å². The minimum Gasteiger partial charge on any atom is -0.493 e. The summed E-state index contributed by atoms with van der Waals surface area (Å²) in [7, 11) is 1.41. The van der Waals surface area contributed by atoms with E-state index in [0.717, 1.165) is 4.47 Å². The molecule has 8 nitrogen and oxygen atoms in total. The lowest BCUT2D eigenvalue weighted by atomic mass is 10.1. The Balaban J connectivity index is 1.64. The lowest BCUT2D eigenvalue weighted by Gasteiger charge is -2.11. The van der Waals surface area contributed by atoms with Crippen LogP contribution in [0.4, 0.5) is 0 Å². The molecule has 34 heavy (non-hydrogen) atoms. The molecular weight excluding hydrogens is 572 g/mol. The second kappa shape index (κ2) is 12.1. The number of nitrogens with one attached hydrogen (secondary N) is 1. The molecule has 1 heterocycles. The van der Waals surface area contributed by atoms with Gasteiger partial charge in [-0.1, -0.05) is 22.0 Å². The lowest BCUT2D eigenvalue weighted by Crippen LogP contribution is -2.23. The van der Waals surface area contributed by atoms with Crippen molar-refractivity contribution >= 4 is 49.8 Å². The van der Waals surface area contributed by atoms with Crippen molar-refractivity contribution in [3.8, 4) is 23.3 Å². The number of carbonyl (C=O) groups excluding carboxylic acids is 2. The van der Waals surface area contributed by atoms with Gasteiger partial charge < -0.3 is 23.9 Å². The monoisotopic (exact) mass is 588 g/mol. The molecule has 0 unspecified atom stereocenters. The molecule has 1 N–H and O–H groups in total. The molecular formula is C24H18Br2N2O6. The molecule has 1 aromatic heterocycles. The Bertz CT molecular complexity index is 1250. The predicted octanol–water partition coefficient (Wildman–Crippen LogP) is 5.02. The number of benzene rings is 2. The number of rotatable bonds is 9. The first-order valence-electron chi connectivity index (χ1n) is 9.78. The Kier molecular flexibility index (Phi) is 8.90. The summed E-state index contributed by atoms with van der Waals surface area (Å²) in [5, 5.41) is 12.0. The Morgan fingerprint density at radius 2 is 1.91 bits per heavy atom. The van der Waals surface area contributed by atoms with E-state index in [0.29, 0.717) is 21.5 Å². The fraction of sp³-hybridized carbons (Fsp3) is 0.125. The van der Waals surface area contributed by atoms with Crippen LogP contribution in [0, 0.1) is 11.3 Å². The molecule has 0 spiro atoms.